The molecule has 0 aliphatic carbocycles. The van der Waals surface area contributed by atoms with Crippen molar-refractivity contribution in [1.29, 1.82) is 0 Å². The molecule has 1 saturated heterocycles. The number of piperidine rings is 1. The van der Waals surface area contributed by atoms with E-state index in [-0.39, 0.29) is 11.9 Å². The Hall–Kier alpha value is -2.08. The number of fused-ring (bicyclic) bond motifs is 1. The fourth-order valence-electron chi connectivity index (χ4n) is 3.90. The number of ether oxygens (including phenoxy) is 1. The summed E-state index contributed by atoms with van der Waals surface area (Å²) in [6, 6.07) is 8.73. The molecule has 6 nitrogen and oxygen atoms in total. The highest BCUT2D eigenvalue weighted by Crippen LogP contribution is 2.19. The van der Waals surface area contributed by atoms with E-state index in [4.69, 9.17) is 4.74 Å². The van der Waals surface area contributed by atoms with Crippen molar-refractivity contribution in [2.24, 2.45) is 10.9 Å². The maximum absolute atomic E-state index is 11.7. The number of guanidine groups is 1. The van der Waals surface area contributed by atoms with Crippen LogP contribution in [0.5, 0.6) is 0 Å². The third kappa shape index (κ3) is 4.55. The van der Waals surface area contributed by atoms with Crippen molar-refractivity contribution in [2.45, 2.75) is 25.8 Å². The van der Waals surface area contributed by atoms with Crippen LogP contribution in [0.25, 0.3) is 0 Å². The van der Waals surface area contributed by atoms with Crippen molar-refractivity contribution < 1.29 is 9.53 Å². The van der Waals surface area contributed by atoms with Gasteiger partial charge in [-0.25, -0.2) is 0 Å². The Morgan fingerprint density at radius 1 is 1.23 bits per heavy atom. The summed E-state index contributed by atoms with van der Waals surface area (Å²) >= 11 is 0. The van der Waals surface area contributed by atoms with E-state index in [2.05, 4.69) is 44.4 Å². The van der Waals surface area contributed by atoms with Crippen LogP contribution < -0.4 is 5.32 Å². The lowest BCUT2D eigenvalue weighted by Gasteiger charge is -2.34. The number of benzene rings is 1. The molecular weight excluding hydrogens is 328 g/mol. The Labute approximate surface area is 156 Å². The monoisotopic (exact) mass is 358 g/mol. The van der Waals surface area contributed by atoms with E-state index in [9.17, 15) is 4.79 Å². The molecule has 2 aliphatic rings. The molecule has 0 saturated carbocycles. The topological polar surface area (TPSA) is 57.2 Å². The largest absolute Gasteiger partial charge is 0.469 e. The zero-order valence-electron chi connectivity index (χ0n) is 15.9. The Balaban J connectivity index is 1.42. The first-order valence-electron chi connectivity index (χ1n) is 9.54. The summed E-state index contributed by atoms with van der Waals surface area (Å²) in [6.07, 6.45) is 2.79. The number of hydrogen-bond donors (Lipinski definition) is 1. The molecule has 1 aromatic carbocycles. The molecule has 0 bridgehead atoms. The van der Waals surface area contributed by atoms with Gasteiger partial charge in [-0.15, -0.1) is 0 Å². The van der Waals surface area contributed by atoms with Gasteiger partial charge in [-0.2, -0.15) is 0 Å². The van der Waals surface area contributed by atoms with E-state index in [1.165, 1.54) is 18.2 Å². The van der Waals surface area contributed by atoms with Crippen molar-refractivity contribution in [2.75, 3.05) is 46.9 Å². The van der Waals surface area contributed by atoms with Gasteiger partial charge in [0.05, 0.1) is 13.0 Å². The lowest BCUT2D eigenvalue weighted by Crippen LogP contribution is -2.48. The molecule has 1 aromatic rings. The maximum Gasteiger partial charge on any atom is 0.308 e. The van der Waals surface area contributed by atoms with Gasteiger partial charge < -0.3 is 15.0 Å². The van der Waals surface area contributed by atoms with Gasteiger partial charge >= 0.3 is 5.97 Å². The van der Waals surface area contributed by atoms with Crippen LogP contribution in [-0.4, -0.2) is 68.6 Å². The van der Waals surface area contributed by atoms with Gasteiger partial charge in [0.25, 0.3) is 0 Å². The highest BCUT2D eigenvalue weighted by Gasteiger charge is 2.27. The number of aliphatic imine (C=N–C) groups is 1. The SMILES string of the molecule is CN=C(NCCN1CCc2ccccc2C1)N1CCC(C(=O)OC)CC1. The molecule has 1 fully saturated rings. The van der Waals surface area contributed by atoms with Crippen LogP contribution in [0.15, 0.2) is 29.3 Å². The van der Waals surface area contributed by atoms with Gasteiger partial charge in [-0.1, -0.05) is 24.3 Å². The summed E-state index contributed by atoms with van der Waals surface area (Å²) < 4.78 is 4.86. The fourth-order valence-corrected chi connectivity index (χ4v) is 3.90. The molecule has 2 aliphatic heterocycles. The first-order chi connectivity index (χ1) is 12.7. The summed E-state index contributed by atoms with van der Waals surface area (Å²) in [5, 5.41) is 3.49. The average Bonchev–Trinajstić information content (AvgIpc) is 2.70. The van der Waals surface area contributed by atoms with Crippen LogP contribution in [0, 0.1) is 5.92 Å². The molecular formula is C20H30N4O2. The fraction of sp³-hybridized carbons (Fsp3) is 0.600. The van der Waals surface area contributed by atoms with Crippen LogP contribution in [-0.2, 0) is 22.5 Å². The van der Waals surface area contributed by atoms with Crippen molar-refractivity contribution in [3.63, 3.8) is 0 Å². The van der Waals surface area contributed by atoms with Crippen LogP contribution in [0.4, 0.5) is 0 Å². The van der Waals surface area contributed by atoms with Crippen molar-refractivity contribution in [3.8, 4) is 0 Å². The van der Waals surface area contributed by atoms with Crippen LogP contribution in [0.2, 0.25) is 0 Å². The van der Waals surface area contributed by atoms with E-state index < -0.39 is 0 Å². The van der Waals surface area contributed by atoms with Gasteiger partial charge in [0, 0.05) is 46.3 Å². The Kier molecular flexibility index (Phi) is 6.50. The second-order valence-corrected chi connectivity index (χ2v) is 7.05. The molecule has 3 rings (SSSR count). The van der Waals surface area contributed by atoms with Gasteiger partial charge in [0.15, 0.2) is 5.96 Å². The number of rotatable bonds is 4. The zero-order chi connectivity index (χ0) is 18.4. The zero-order valence-corrected chi connectivity index (χ0v) is 15.9. The molecule has 0 amide bonds. The Bertz CT molecular complexity index is 638. The summed E-state index contributed by atoms with van der Waals surface area (Å²) in [5.74, 6) is 0.881. The summed E-state index contributed by atoms with van der Waals surface area (Å²) in [7, 11) is 3.29. The number of esters is 1. The Morgan fingerprint density at radius 2 is 1.96 bits per heavy atom. The average molecular weight is 358 g/mol. The number of likely N-dealkylation sites (tertiary alicyclic amines) is 1. The first-order valence-corrected chi connectivity index (χ1v) is 9.54. The van der Waals surface area contributed by atoms with Crippen molar-refractivity contribution in [3.05, 3.63) is 35.4 Å². The third-order valence-corrected chi connectivity index (χ3v) is 5.46. The molecule has 26 heavy (non-hydrogen) atoms. The predicted octanol–water partition coefficient (Wildman–Crippen LogP) is 1.51. The second-order valence-electron chi connectivity index (χ2n) is 7.05. The second kappa shape index (κ2) is 9.03. The van der Waals surface area contributed by atoms with E-state index in [0.29, 0.717) is 0 Å². The molecule has 0 radical (unpaired) electrons. The summed E-state index contributed by atoms with van der Waals surface area (Å²) in [4.78, 5) is 20.8. The molecule has 1 N–H and O–H groups in total. The number of carbonyl (C=O) groups excluding carboxylic acids is 1. The smallest absolute Gasteiger partial charge is 0.308 e. The van der Waals surface area contributed by atoms with Gasteiger partial charge in [0.1, 0.15) is 0 Å². The molecule has 142 valence electrons. The molecule has 0 atom stereocenters. The van der Waals surface area contributed by atoms with E-state index in [1.54, 1.807) is 0 Å². The standard InChI is InChI=1S/C20H30N4O2/c1-21-20(24-12-8-17(9-13-24)19(25)26-2)22-10-14-23-11-7-16-5-3-4-6-18(16)15-23/h3-6,17H,7-15H2,1-2H3,(H,21,22). The van der Waals surface area contributed by atoms with E-state index in [1.807, 2.05) is 7.05 Å². The molecule has 6 heteroatoms. The highest BCUT2D eigenvalue weighted by molar-refractivity contribution is 5.80. The van der Waals surface area contributed by atoms with Gasteiger partial charge in [0.2, 0.25) is 0 Å². The van der Waals surface area contributed by atoms with Crippen molar-refractivity contribution >= 4 is 11.9 Å². The number of hydrogen-bond acceptors (Lipinski definition) is 4. The van der Waals surface area contributed by atoms with Gasteiger partial charge in [-0.3, -0.25) is 14.7 Å². The minimum atomic E-state index is -0.0852. The van der Waals surface area contributed by atoms with Gasteiger partial charge in [-0.05, 0) is 30.4 Å². The summed E-state index contributed by atoms with van der Waals surface area (Å²) in [6.45, 7) is 5.72. The predicted molar refractivity (Wildman–Crippen MR) is 103 cm³/mol. The minimum absolute atomic E-state index is 0.0303. The maximum atomic E-state index is 11.7. The normalized spacial score (nSPS) is 19.2. The highest BCUT2D eigenvalue weighted by atomic mass is 16.5. The van der Waals surface area contributed by atoms with Crippen LogP contribution in [0.3, 0.4) is 0 Å². The van der Waals surface area contributed by atoms with Crippen LogP contribution in [0.1, 0.15) is 24.0 Å². The quantitative estimate of drug-likeness (QED) is 0.502. The molecule has 2 heterocycles. The van der Waals surface area contributed by atoms with E-state index in [0.717, 1.165) is 64.5 Å². The minimum Gasteiger partial charge on any atom is -0.469 e. The van der Waals surface area contributed by atoms with E-state index >= 15 is 0 Å². The number of nitrogens with zero attached hydrogens (tertiary/aromatic N) is 3. The first kappa shape index (κ1) is 18.7. The number of nitrogens with one attached hydrogen (secondary N) is 1. The molecule has 0 spiro atoms. The number of carbonyl (C=O) groups is 1. The Morgan fingerprint density at radius 3 is 2.65 bits per heavy atom. The van der Waals surface area contributed by atoms with Crippen molar-refractivity contribution in [1.82, 2.24) is 15.1 Å². The van der Waals surface area contributed by atoms with Crippen LogP contribution >= 0.6 is 0 Å². The lowest BCUT2D eigenvalue weighted by atomic mass is 9.97. The molecule has 0 unspecified atom stereocenters. The number of methoxy groups -OCH3 is 1. The summed E-state index contributed by atoms with van der Waals surface area (Å²) in [5.41, 5.74) is 2.94. The lowest BCUT2D eigenvalue weighted by molar-refractivity contribution is -0.146. The third-order valence-electron chi connectivity index (χ3n) is 5.46. The molecule has 0 aromatic heterocycles.